The molecule has 1 fully saturated rings. The summed E-state index contributed by atoms with van der Waals surface area (Å²) < 4.78 is 35.3. The third-order valence-electron chi connectivity index (χ3n) is 3.12. The fraction of sp³-hybridized carbons (Fsp3) is 0.538. The number of nitrogens with two attached hydrogens (primary N) is 1. The van der Waals surface area contributed by atoms with Gasteiger partial charge in [0.05, 0.1) is 24.7 Å². The van der Waals surface area contributed by atoms with Crippen molar-refractivity contribution in [1.82, 2.24) is 9.84 Å². The van der Waals surface area contributed by atoms with E-state index in [9.17, 15) is 8.42 Å². The molecule has 0 bridgehead atoms. The van der Waals surface area contributed by atoms with Crippen molar-refractivity contribution in [3.8, 4) is 5.75 Å². The van der Waals surface area contributed by atoms with Crippen molar-refractivity contribution in [3.63, 3.8) is 0 Å². The first kappa shape index (κ1) is 16.2. The summed E-state index contributed by atoms with van der Waals surface area (Å²) in [4.78, 5) is 2.74. The molecule has 0 atom stereocenters. The van der Waals surface area contributed by atoms with E-state index < -0.39 is 10.0 Å². The van der Waals surface area contributed by atoms with Gasteiger partial charge < -0.3 is 15.2 Å². The third-order valence-corrected chi connectivity index (χ3v) is 4.50. The molecule has 0 saturated carbocycles. The average Bonchev–Trinajstić information content (AvgIpc) is 2.48. The first-order valence-electron chi connectivity index (χ1n) is 6.87. The SMILES string of the molecule is CCOc1ccc(S(=O)(=O)NN2CCOCC2)cc1CN. The Kier molecular flexibility index (Phi) is 5.54. The summed E-state index contributed by atoms with van der Waals surface area (Å²) >= 11 is 0. The highest BCUT2D eigenvalue weighted by atomic mass is 32.2. The zero-order valence-electron chi connectivity index (χ0n) is 12.0. The van der Waals surface area contributed by atoms with Gasteiger partial charge in [0.1, 0.15) is 5.75 Å². The number of benzene rings is 1. The molecular formula is C13H21N3O4S. The number of nitrogens with zero attached hydrogens (tertiary/aromatic N) is 1. The highest BCUT2D eigenvalue weighted by Gasteiger charge is 2.21. The molecule has 1 saturated heterocycles. The van der Waals surface area contributed by atoms with Gasteiger partial charge in [0, 0.05) is 25.2 Å². The highest BCUT2D eigenvalue weighted by molar-refractivity contribution is 7.89. The number of rotatable bonds is 6. The standard InChI is InChI=1S/C13H21N3O4S/c1-2-20-13-4-3-12(9-11(13)10-14)21(17,18)15-16-5-7-19-8-6-16/h3-4,9,15H,2,5-8,10,14H2,1H3. The van der Waals surface area contributed by atoms with Crippen LogP contribution < -0.4 is 15.3 Å². The van der Waals surface area contributed by atoms with E-state index >= 15 is 0 Å². The van der Waals surface area contributed by atoms with Crippen LogP contribution >= 0.6 is 0 Å². The fourth-order valence-corrected chi connectivity index (χ4v) is 3.23. The van der Waals surface area contributed by atoms with E-state index in [0.29, 0.717) is 44.2 Å². The van der Waals surface area contributed by atoms with Crippen LogP contribution in [0.15, 0.2) is 23.1 Å². The van der Waals surface area contributed by atoms with Gasteiger partial charge in [-0.15, -0.1) is 4.83 Å². The second-order valence-corrected chi connectivity index (χ2v) is 6.26. The third kappa shape index (κ3) is 4.14. The Morgan fingerprint density at radius 2 is 2.10 bits per heavy atom. The lowest BCUT2D eigenvalue weighted by atomic mass is 10.2. The number of hydrazine groups is 1. The molecule has 1 aliphatic heterocycles. The topological polar surface area (TPSA) is 93.9 Å². The van der Waals surface area contributed by atoms with E-state index in [-0.39, 0.29) is 11.4 Å². The van der Waals surface area contributed by atoms with Gasteiger partial charge in [-0.3, -0.25) is 0 Å². The summed E-state index contributed by atoms with van der Waals surface area (Å²) in [6, 6.07) is 4.71. The van der Waals surface area contributed by atoms with Crippen molar-refractivity contribution in [2.75, 3.05) is 32.9 Å². The van der Waals surface area contributed by atoms with Crippen molar-refractivity contribution in [1.29, 1.82) is 0 Å². The van der Waals surface area contributed by atoms with E-state index in [1.54, 1.807) is 17.1 Å². The molecule has 0 spiro atoms. The Morgan fingerprint density at radius 3 is 2.71 bits per heavy atom. The van der Waals surface area contributed by atoms with Gasteiger partial charge in [-0.2, -0.15) is 0 Å². The molecule has 0 amide bonds. The molecule has 3 N–H and O–H groups in total. The van der Waals surface area contributed by atoms with Crippen molar-refractivity contribution in [2.45, 2.75) is 18.4 Å². The minimum atomic E-state index is -3.61. The molecule has 21 heavy (non-hydrogen) atoms. The van der Waals surface area contributed by atoms with Gasteiger partial charge in [-0.25, -0.2) is 13.4 Å². The Labute approximate surface area is 125 Å². The molecule has 0 aromatic heterocycles. The largest absolute Gasteiger partial charge is 0.494 e. The van der Waals surface area contributed by atoms with Gasteiger partial charge in [0.2, 0.25) is 0 Å². The number of hydrogen-bond acceptors (Lipinski definition) is 6. The van der Waals surface area contributed by atoms with Crippen molar-refractivity contribution < 1.29 is 17.9 Å². The first-order valence-corrected chi connectivity index (χ1v) is 8.36. The Morgan fingerprint density at radius 1 is 1.38 bits per heavy atom. The number of nitrogens with one attached hydrogen (secondary N) is 1. The smallest absolute Gasteiger partial charge is 0.253 e. The zero-order valence-corrected chi connectivity index (χ0v) is 12.9. The van der Waals surface area contributed by atoms with E-state index in [1.165, 1.54) is 6.07 Å². The van der Waals surface area contributed by atoms with Crippen LogP contribution in [0.3, 0.4) is 0 Å². The van der Waals surface area contributed by atoms with Crippen LogP contribution in [0.2, 0.25) is 0 Å². The average molecular weight is 315 g/mol. The van der Waals surface area contributed by atoms with Gasteiger partial charge in [-0.05, 0) is 25.1 Å². The molecule has 1 aromatic carbocycles. The maximum absolute atomic E-state index is 12.4. The van der Waals surface area contributed by atoms with Crippen molar-refractivity contribution >= 4 is 10.0 Å². The predicted octanol–water partition coefficient (Wildman–Crippen LogP) is 0.0695. The molecular weight excluding hydrogens is 294 g/mol. The lowest BCUT2D eigenvalue weighted by molar-refractivity contribution is 0.0272. The van der Waals surface area contributed by atoms with Gasteiger partial charge in [-0.1, -0.05) is 0 Å². The van der Waals surface area contributed by atoms with Crippen LogP contribution in [0.5, 0.6) is 5.75 Å². The van der Waals surface area contributed by atoms with Crippen LogP contribution in [0.1, 0.15) is 12.5 Å². The molecule has 7 nitrogen and oxygen atoms in total. The molecule has 1 heterocycles. The summed E-state index contributed by atoms with van der Waals surface area (Å²) in [5.74, 6) is 0.616. The Bertz CT molecular complexity index is 571. The van der Waals surface area contributed by atoms with Crippen molar-refractivity contribution in [2.24, 2.45) is 5.73 Å². The number of sulfonamides is 1. The summed E-state index contributed by atoms with van der Waals surface area (Å²) in [6.07, 6.45) is 0. The van der Waals surface area contributed by atoms with E-state index in [4.69, 9.17) is 15.2 Å². The first-order chi connectivity index (χ1) is 10.1. The van der Waals surface area contributed by atoms with Crippen LogP contribution in [-0.2, 0) is 21.3 Å². The summed E-state index contributed by atoms with van der Waals surface area (Å²) in [5.41, 5.74) is 6.32. The molecule has 8 heteroatoms. The second kappa shape index (κ2) is 7.19. The Hall–Kier alpha value is -1.19. The number of morpholine rings is 1. The summed E-state index contributed by atoms with van der Waals surface area (Å²) in [5, 5.41) is 1.64. The lowest BCUT2D eigenvalue weighted by Gasteiger charge is -2.26. The molecule has 1 aromatic rings. The van der Waals surface area contributed by atoms with Gasteiger partial charge in [0.25, 0.3) is 10.0 Å². The van der Waals surface area contributed by atoms with Gasteiger partial charge >= 0.3 is 0 Å². The molecule has 118 valence electrons. The minimum Gasteiger partial charge on any atom is -0.494 e. The molecule has 0 radical (unpaired) electrons. The van der Waals surface area contributed by atoms with E-state index in [0.717, 1.165) is 0 Å². The summed E-state index contributed by atoms with van der Waals surface area (Å²) in [6.45, 7) is 4.67. The predicted molar refractivity (Wildman–Crippen MR) is 78.2 cm³/mol. The second-order valence-electron chi connectivity index (χ2n) is 4.60. The van der Waals surface area contributed by atoms with E-state index in [1.807, 2.05) is 6.92 Å². The normalized spacial score (nSPS) is 16.9. The van der Waals surface area contributed by atoms with Gasteiger partial charge in [0.15, 0.2) is 0 Å². The molecule has 2 rings (SSSR count). The van der Waals surface area contributed by atoms with Crippen LogP contribution in [0.25, 0.3) is 0 Å². The van der Waals surface area contributed by atoms with Crippen LogP contribution in [-0.4, -0.2) is 46.3 Å². The molecule has 0 unspecified atom stereocenters. The van der Waals surface area contributed by atoms with Crippen LogP contribution in [0.4, 0.5) is 0 Å². The quantitative estimate of drug-likeness (QED) is 0.771. The minimum absolute atomic E-state index is 0.179. The maximum atomic E-state index is 12.4. The molecule has 1 aliphatic rings. The maximum Gasteiger partial charge on any atom is 0.253 e. The number of hydrogen-bond donors (Lipinski definition) is 2. The van der Waals surface area contributed by atoms with Crippen LogP contribution in [0, 0.1) is 0 Å². The number of ether oxygens (including phenoxy) is 2. The highest BCUT2D eigenvalue weighted by Crippen LogP contribution is 2.22. The Balaban J connectivity index is 2.18. The van der Waals surface area contributed by atoms with Crippen molar-refractivity contribution in [3.05, 3.63) is 23.8 Å². The van der Waals surface area contributed by atoms with E-state index in [2.05, 4.69) is 4.83 Å². The molecule has 0 aliphatic carbocycles. The zero-order chi connectivity index (χ0) is 15.3. The lowest BCUT2D eigenvalue weighted by Crippen LogP contribution is -2.48. The fourth-order valence-electron chi connectivity index (χ4n) is 2.06. The monoisotopic (exact) mass is 315 g/mol. The summed E-state index contributed by atoms with van der Waals surface area (Å²) in [7, 11) is -3.61.